The molecule has 0 heterocycles. The Hall–Kier alpha value is -2.94. The van der Waals surface area contributed by atoms with Crippen molar-refractivity contribution in [2.75, 3.05) is 17.2 Å². The standard InChI is InChI=1S/C13H14N2.C6H7N/c1-9-8-12(15)6-7-13(9)10-2-4-11(14)5-3-10;7-6-4-2-1-3-5-6/h2-8H,14-15H2,1H3;1-5H,7H2. The minimum Gasteiger partial charge on any atom is -0.399 e. The van der Waals surface area contributed by atoms with Gasteiger partial charge in [0.2, 0.25) is 0 Å². The highest BCUT2D eigenvalue weighted by Crippen LogP contribution is 2.25. The minimum absolute atomic E-state index is 0.784. The lowest BCUT2D eigenvalue weighted by molar-refractivity contribution is 1.46. The topological polar surface area (TPSA) is 78.1 Å². The van der Waals surface area contributed by atoms with Crippen molar-refractivity contribution in [1.29, 1.82) is 0 Å². The van der Waals surface area contributed by atoms with E-state index in [0.29, 0.717) is 0 Å². The van der Waals surface area contributed by atoms with Gasteiger partial charge in [0, 0.05) is 17.1 Å². The van der Waals surface area contributed by atoms with E-state index in [9.17, 15) is 0 Å². The number of benzene rings is 3. The summed E-state index contributed by atoms with van der Waals surface area (Å²) in [5.41, 5.74) is 22.7. The number of rotatable bonds is 1. The van der Waals surface area contributed by atoms with Crippen LogP contribution < -0.4 is 17.2 Å². The molecule has 3 aromatic rings. The van der Waals surface area contributed by atoms with Crippen molar-refractivity contribution in [3.05, 3.63) is 78.4 Å². The minimum atomic E-state index is 0.784. The van der Waals surface area contributed by atoms with Crippen LogP contribution in [0.25, 0.3) is 11.1 Å². The van der Waals surface area contributed by atoms with Crippen LogP contribution in [-0.4, -0.2) is 0 Å². The number of aryl methyl sites for hydroxylation is 1. The van der Waals surface area contributed by atoms with E-state index in [0.717, 1.165) is 17.1 Å². The van der Waals surface area contributed by atoms with E-state index in [-0.39, 0.29) is 0 Å². The fourth-order valence-corrected chi connectivity index (χ4v) is 2.13. The Bertz CT molecular complexity index is 719. The zero-order chi connectivity index (χ0) is 15.9. The second-order valence-corrected chi connectivity index (χ2v) is 5.11. The van der Waals surface area contributed by atoms with Crippen LogP contribution in [0.4, 0.5) is 17.1 Å². The summed E-state index contributed by atoms with van der Waals surface area (Å²) in [7, 11) is 0. The summed E-state index contributed by atoms with van der Waals surface area (Å²) in [4.78, 5) is 0. The van der Waals surface area contributed by atoms with Gasteiger partial charge in [-0.1, -0.05) is 36.4 Å². The Labute approximate surface area is 131 Å². The maximum atomic E-state index is 5.71. The lowest BCUT2D eigenvalue weighted by Gasteiger charge is -2.07. The number of nitrogens with two attached hydrogens (primary N) is 3. The first-order valence-corrected chi connectivity index (χ1v) is 7.09. The Balaban J connectivity index is 0.000000211. The van der Waals surface area contributed by atoms with E-state index in [1.807, 2.05) is 72.8 Å². The molecule has 0 spiro atoms. The van der Waals surface area contributed by atoms with Gasteiger partial charge in [-0.25, -0.2) is 0 Å². The predicted molar refractivity (Wildman–Crippen MR) is 96.3 cm³/mol. The van der Waals surface area contributed by atoms with Gasteiger partial charge in [-0.3, -0.25) is 0 Å². The molecule has 0 radical (unpaired) electrons. The Morgan fingerprint density at radius 3 is 1.64 bits per heavy atom. The van der Waals surface area contributed by atoms with Gasteiger partial charge in [0.1, 0.15) is 0 Å². The largest absolute Gasteiger partial charge is 0.399 e. The third-order valence-electron chi connectivity index (χ3n) is 3.27. The van der Waals surface area contributed by atoms with Crippen LogP contribution >= 0.6 is 0 Å². The monoisotopic (exact) mass is 291 g/mol. The number of para-hydroxylation sites is 1. The SMILES string of the molecule is Cc1cc(N)ccc1-c1ccc(N)cc1.Nc1ccccc1. The number of hydrogen-bond acceptors (Lipinski definition) is 3. The van der Waals surface area contributed by atoms with Crippen LogP contribution in [0.15, 0.2) is 72.8 Å². The number of nitrogen functional groups attached to an aromatic ring is 3. The average molecular weight is 291 g/mol. The van der Waals surface area contributed by atoms with Gasteiger partial charge in [0.05, 0.1) is 0 Å². The average Bonchev–Trinajstić information content (AvgIpc) is 2.50. The van der Waals surface area contributed by atoms with Crippen LogP contribution in [-0.2, 0) is 0 Å². The highest BCUT2D eigenvalue weighted by atomic mass is 14.5. The fraction of sp³-hybridized carbons (Fsp3) is 0.0526. The zero-order valence-corrected chi connectivity index (χ0v) is 12.7. The van der Waals surface area contributed by atoms with Crippen LogP contribution in [0.5, 0.6) is 0 Å². The van der Waals surface area contributed by atoms with E-state index >= 15 is 0 Å². The van der Waals surface area contributed by atoms with Gasteiger partial charge in [0.25, 0.3) is 0 Å². The molecular weight excluding hydrogens is 270 g/mol. The van der Waals surface area contributed by atoms with Crippen molar-refractivity contribution in [3.8, 4) is 11.1 Å². The molecule has 0 aliphatic carbocycles. The highest BCUT2D eigenvalue weighted by Gasteiger charge is 2.01. The summed E-state index contributed by atoms with van der Waals surface area (Å²) in [6.45, 7) is 2.06. The lowest BCUT2D eigenvalue weighted by atomic mass is 10.00. The maximum absolute atomic E-state index is 5.71. The zero-order valence-electron chi connectivity index (χ0n) is 12.7. The van der Waals surface area contributed by atoms with E-state index in [2.05, 4.69) is 6.92 Å². The molecule has 3 nitrogen and oxygen atoms in total. The summed E-state index contributed by atoms with van der Waals surface area (Å²) in [6.07, 6.45) is 0. The van der Waals surface area contributed by atoms with Gasteiger partial charge < -0.3 is 17.2 Å². The molecule has 6 N–H and O–H groups in total. The van der Waals surface area contributed by atoms with Crippen LogP contribution in [0, 0.1) is 6.92 Å². The van der Waals surface area contributed by atoms with Gasteiger partial charge in [-0.15, -0.1) is 0 Å². The van der Waals surface area contributed by atoms with Gasteiger partial charge in [0.15, 0.2) is 0 Å². The fourth-order valence-electron chi connectivity index (χ4n) is 2.13. The van der Waals surface area contributed by atoms with E-state index in [1.54, 1.807) is 0 Å². The van der Waals surface area contributed by atoms with Gasteiger partial charge >= 0.3 is 0 Å². The third kappa shape index (κ3) is 4.28. The third-order valence-corrected chi connectivity index (χ3v) is 3.27. The molecule has 0 aliphatic rings. The van der Waals surface area contributed by atoms with Gasteiger partial charge in [-0.05, 0) is 60.0 Å². The Morgan fingerprint density at radius 1 is 0.591 bits per heavy atom. The van der Waals surface area contributed by atoms with Gasteiger partial charge in [-0.2, -0.15) is 0 Å². The summed E-state index contributed by atoms with van der Waals surface area (Å²) in [6, 6.07) is 23.3. The molecule has 0 unspecified atom stereocenters. The van der Waals surface area contributed by atoms with Crippen LogP contribution in [0.3, 0.4) is 0 Å². The van der Waals surface area contributed by atoms with Crippen molar-refractivity contribution in [1.82, 2.24) is 0 Å². The van der Waals surface area contributed by atoms with Crippen molar-refractivity contribution in [2.45, 2.75) is 6.92 Å². The molecule has 0 aliphatic heterocycles. The second kappa shape index (κ2) is 7.18. The Kier molecular flexibility index (Phi) is 5.04. The Morgan fingerprint density at radius 2 is 1.14 bits per heavy atom. The first-order chi connectivity index (χ1) is 10.6. The first-order valence-electron chi connectivity index (χ1n) is 7.09. The van der Waals surface area contributed by atoms with E-state index in [1.165, 1.54) is 16.7 Å². The summed E-state index contributed by atoms with van der Waals surface area (Å²) in [5, 5.41) is 0. The normalized spacial score (nSPS) is 9.68. The van der Waals surface area contributed by atoms with Crippen LogP contribution in [0.1, 0.15) is 5.56 Å². The molecule has 0 aromatic heterocycles. The number of anilines is 3. The molecule has 0 bridgehead atoms. The first kappa shape index (κ1) is 15.4. The lowest BCUT2D eigenvalue weighted by Crippen LogP contribution is -1.89. The smallest absolute Gasteiger partial charge is 0.0317 e. The second-order valence-electron chi connectivity index (χ2n) is 5.11. The molecule has 3 rings (SSSR count). The molecule has 0 fully saturated rings. The van der Waals surface area contributed by atoms with E-state index in [4.69, 9.17) is 17.2 Å². The molecule has 3 aromatic carbocycles. The summed E-state index contributed by atoms with van der Waals surface area (Å²) in [5.74, 6) is 0. The summed E-state index contributed by atoms with van der Waals surface area (Å²) >= 11 is 0. The predicted octanol–water partition coefficient (Wildman–Crippen LogP) is 4.10. The molecule has 112 valence electrons. The number of hydrogen-bond donors (Lipinski definition) is 3. The maximum Gasteiger partial charge on any atom is 0.0317 e. The molecular formula is C19H21N3. The van der Waals surface area contributed by atoms with Crippen molar-refractivity contribution in [2.24, 2.45) is 0 Å². The van der Waals surface area contributed by atoms with Crippen molar-refractivity contribution < 1.29 is 0 Å². The highest BCUT2D eigenvalue weighted by molar-refractivity contribution is 5.70. The molecule has 0 atom stereocenters. The molecule has 0 saturated carbocycles. The van der Waals surface area contributed by atoms with Crippen LogP contribution in [0.2, 0.25) is 0 Å². The molecule has 3 heteroatoms. The molecule has 0 amide bonds. The quantitative estimate of drug-likeness (QED) is 0.591. The van der Waals surface area contributed by atoms with Crippen molar-refractivity contribution >= 4 is 17.1 Å². The molecule has 22 heavy (non-hydrogen) atoms. The van der Waals surface area contributed by atoms with E-state index < -0.39 is 0 Å². The molecule has 0 saturated heterocycles. The van der Waals surface area contributed by atoms with Crippen molar-refractivity contribution in [3.63, 3.8) is 0 Å². The summed E-state index contributed by atoms with van der Waals surface area (Å²) < 4.78 is 0.